The summed E-state index contributed by atoms with van der Waals surface area (Å²) in [5.41, 5.74) is 7.48. The van der Waals surface area contributed by atoms with Gasteiger partial charge in [0.05, 0.1) is 5.52 Å². The Labute approximate surface area is 109 Å². The Balaban J connectivity index is 1.99. The lowest BCUT2D eigenvalue weighted by atomic mass is 10.2. The Morgan fingerprint density at radius 2 is 1.68 bits per heavy atom. The molecule has 3 rings (SSSR count). The van der Waals surface area contributed by atoms with Gasteiger partial charge in [-0.15, -0.1) is 0 Å². The van der Waals surface area contributed by atoms with Crippen LogP contribution in [0.3, 0.4) is 0 Å². The van der Waals surface area contributed by atoms with Crippen LogP contribution in [0.5, 0.6) is 5.75 Å². The highest BCUT2D eigenvalue weighted by molar-refractivity contribution is 5.89. The van der Waals surface area contributed by atoms with E-state index in [4.69, 9.17) is 5.73 Å². The number of anilines is 3. The number of phenols is 1. The summed E-state index contributed by atoms with van der Waals surface area (Å²) in [4.78, 5) is 8.60. The largest absolute Gasteiger partial charge is 0.508 e. The van der Waals surface area contributed by atoms with E-state index < -0.39 is 0 Å². The predicted molar refractivity (Wildman–Crippen MR) is 75.3 cm³/mol. The van der Waals surface area contributed by atoms with Crippen LogP contribution in [0.15, 0.2) is 48.5 Å². The minimum absolute atomic E-state index is 0.212. The quantitative estimate of drug-likeness (QED) is 0.611. The van der Waals surface area contributed by atoms with Gasteiger partial charge in [0.2, 0.25) is 5.95 Å². The van der Waals surface area contributed by atoms with E-state index in [9.17, 15) is 5.11 Å². The number of nitrogens with one attached hydrogen (secondary N) is 1. The van der Waals surface area contributed by atoms with Crippen molar-refractivity contribution >= 4 is 28.4 Å². The summed E-state index contributed by atoms with van der Waals surface area (Å²) < 4.78 is 0. The molecule has 0 amide bonds. The Kier molecular flexibility index (Phi) is 2.64. The first-order chi connectivity index (χ1) is 9.22. The van der Waals surface area contributed by atoms with Crippen LogP contribution in [0.4, 0.5) is 17.5 Å². The third-order valence-electron chi connectivity index (χ3n) is 2.76. The van der Waals surface area contributed by atoms with Crippen molar-refractivity contribution in [2.45, 2.75) is 0 Å². The number of rotatable bonds is 2. The number of nitrogens with two attached hydrogens (primary N) is 1. The second-order valence-electron chi connectivity index (χ2n) is 4.12. The van der Waals surface area contributed by atoms with Gasteiger partial charge in [0.15, 0.2) is 0 Å². The highest BCUT2D eigenvalue weighted by Gasteiger charge is 2.04. The van der Waals surface area contributed by atoms with Gasteiger partial charge in [-0.1, -0.05) is 12.1 Å². The van der Waals surface area contributed by atoms with E-state index in [1.54, 1.807) is 24.3 Å². The van der Waals surface area contributed by atoms with Crippen molar-refractivity contribution in [3.05, 3.63) is 48.5 Å². The van der Waals surface area contributed by atoms with E-state index in [0.29, 0.717) is 11.8 Å². The topological polar surface area (TPSA) is 84.1 Å². The SMILES string of the molecule is Nc1nc(Nc2ccc(O)cc2)nc2ccccc12. The van der Waals surface area contributed by atoms with E-state index in [-0.39, 0.29) is 5.75 Å². The van der Waals surface area contributed by atoms with Gasteiger partial charge in [-0.25, -0.2) is 4.98 Å². The molecule has 5 heteroatoms. The smallest absolute Gasteiger partial charge is 0.229 e. The standard InChI is InChI=1S/C14H12N4O/c15-13-11-3-1-2-4-12(11)17-14(18-13)16-9-5-7-10(19)8-6-9/h1-8,19H,(H3,15,16,17,18). The third kappa shape index (κ3) is 2.26. The average Bonchev–Trinajstić information content (AvgIpc) is 2.42. The average molecular weight is 252 g/mol. The highest BCUT2D eigenvalue weighted by Crippen LogP contribution is 2.22. The Hall–Kier alpha value is -2.82. The summed E-state index contributed by atoms with van der Waals surface area (Å²) in [6.07, 6.45) is 0. The number of hydrogen-bond acceptors (Lipinski definition) is 5. The van der Waals surface area contributed by atoms with E-state index in [2.05, 4.69) is 15.3 Å². The zero-order valence-electron chi connectivity index (χ0n) is 10.0. The lowest BCUT2D eigenvalue weighted by Crippen LogP contribution is -2.01. The maximum Gasteiger partial charge on any atom is 0.229 e. The molecule has 0 unspecified atom stereocenters. The second-order valence-corrected chi connectivity index (χ2v) is 4.12. The highest BCUT2D eigenvalue weighted by atomic mass is 16.3. The van der Waals surface area contributed by atoms with Crippen LogP contribution in [0.25, 0.3) is 10.9 Å². The molecule has 0 spiro atoms. The van der Waals surface area contributed by atoms with Crippen LogP contribution in [-0.2, 0) is 0 Å². The number of benzene rings is 2. The van der Waals surface area contributed by atoms with E-state index in [1.165, 1.54) is 0 Å². The molecule has 0 saturated carbocycles. The summed E-state index contributed by atoms with van der Waals surface area (Å²) in [6, 6.07) is 14.2. The van der Waals surface area contributed by atoms with Crippen molar-refractivity contribution in [1.82, 2.24) is 9.97 Å². The summed E-state index contributed by atoms with van der Waals surface area (Å²) in [5, 5.41) is 13.1. The molecule has 0 saturated heterocycles. The molecule has 19 heavy (non-hydrogen) atoms. The van der Waals surface area contributed by atoms with Crippen molar-refractivity contribution < 1.29 is 5.11 Å². The molecule has 2 aromatic carbocycles. The van der Waals surface area contributed by atoms with Crippen molar-refractivity contribution in [2.75, 3.05) is 11.1 Å². The maximum absolute atomic E-state index is 9.23. The first kappa shape index (κ1) is 11.3. The molecule has 1 aromatic heterocycles. The van der Waals surface area contributed by atoms with Crippen LogP contribution >= 0.6 is 0 Å². The monoisotopic (exact) mass is 252 g/mol. The number of fused-ring (bicyclic) bond motifs is 1. The third-order valence-corrected chi connectivity index (χ3v) is 2.76. The minimum atomic E-state index is 0.212. The van der Waals surface area contributed by atoms with E-state index in [0.717, 1.165) is 16.6 Å². The van der Waals surface area contributed by atoms with Gasteiger partial charge in [-0.05, 0) is 36.4 Å². The fourth-order valence-corrected chi connectivity index (χ4v) is 1.83. The number of phenolic OH excluding ortho intramolecular Hbond substituents is 1. The van der Waals surface area contributed by atoms with Gasteiger partial charge in [0, 0.05) is 11.1 Å². The van der Waals surface area contributed by atoms with Gasteiger partial charge in [0.25, 0.3) is 0 Å². The van der Waals surface area contributed by atoms with Gasteiger partial charge in [-0.2, -0.15) is 4.98 Å². The molecular weight excluding hydrogens is 240 g/mol. The molecule has 1 heterocycles. The van der Waals surface area contributed by atoms with Crippen LogP contribution in [0, 0.1) is 0 Å². The lowest BCUT2D eigenvalue weighted by Gasteiger charge is -2.07. The maximum atomic E-state index is 9.23. The Bertz CT molecular complexity index is 725. The molecule has 0 aliphatic rings. The predicted octanol–water partition coefficient (Wildman–Crippen LogP) is 2.66. The van der Waals surface area contributed by atoms with Crippen LogP contribution in [0.2, 0.25) is 0 Å². The molecule has 5 nitrogen and oxygen atoms in total. The number of para-hydroxylation sites is 1. The molecule has 0 fully saturated rings. The summed E-state index contributed by atoms with van der Waals surface area (Å²) in [7, 11) is 0. The van der Waals surface area contributed by atoms with Crippen molar-refractivity contribution in [2.24, 2.45) is 0 Å². The van der Waals surface area contributed by atoms with E-state index in [1.807, 2.05) is 24.3 Å². The molecule has 3 aromatic rings. The van der Waals surface area contributed by atoms with Gasteiger partial charge >= 0.3 is 0 Å². The molecule has 0 radical (unpaired) electrons. The van der Waals surface area contributed by atoms with Gasteiger partial charge in [-0.3, -0.25) is 0 Å². The van der Waals surface area contributed by atoms with E-state index >= 15 is 0 Å². The van der Waals surface area contributed by atoms with Gasteiger partial charge < -0.3 is 16.2 Å². The number of hydrogen-bond donors (Lipinski definition) is 3. The normalized spacial score (nSPS) is 10.5. The van der Waals surface area contributed by atoms with Crippen LogP contribution < -0.4 is 11.1 Å². The molecule has 0 bridgehead atoms. The molecule has 0 aliphatic carbocycles. The number of aromatic hydroxyl groups is 1. The van der Waals surface area contributed by atoms with Crippen LogP contribution in [-0.4, -0.2) is 15.1 Å². The van der Waals surface area contributed by atoms with Crippen molar-refractivity contribution in [1.29, 1.82) is 0 Å². The van der Waals surface area contributed by atoms with Gasteiger partial charge in [0.1, 0.15) is 11.6 Å². The lowest BCUT2D eigenvalue weighted by molar-refractivity contribution is 0.475. The minimum Gasteiger partial charge on any atom is -0.508 e. The Morgan fingerprint density at radius 3 is 2.47 bits per heavy atom. The molecule has 94 valence electrons. The zero-order chi connectivity index (χ0) is 13.2. The first-order valence-electron chi connectivity index (χ1n) is 5.81. The summed E-state index contributed by atoms with van der Waals surface area (Å²) in [6.45, 7) is 0. The Morgan fingerprint density at radius 1 is 0.947 bits per heavy atom. The fraction of sp³-hybridized carbons (Fsp3) is 0. The second kappa shape index (κ2) is 4.45. The zero-order valence-corrected chi connectivity index (χ0v) is 10.0. The molecule has 0 atom stereocenters. The molecule has 4 N–H and O–H groups in total. The number of nitrogen functional groups attached to an aromatic ring is 1. The first-order valence-corrected chi connectivity index (χ1v) is 5.81. The summed E-state index contributed by atoms with van der Waals surface area (Å²) in [5.74, 6) is 1.08. The summed E-state index contributed by atoms with van der Waals surface area (Å²) >= 11 is 0. The fourth-order valence-electron chi connectivity index (χ4n) is 1.83. The number of aromatic nitrogens is 2. The molecule has 0 aliphatic heterocycles. The van der Waals surface area contributed by atoms with Crippen LogP contribution in [0.1, 0.15) is 0 Å². The van der Waals surface area contributed by atoms with Crippen molar-refractivity contribution in [3.63, 3.8) is 0 Å². The van der Waals surface area contributed by atoms with Crippen molar-refractivity contribution in [3.8, 4) is 5.75 Å². The molecular formula is C14H12N4O. The number of nitrogens with zero attached hydrogens (tertiary/aromatic N) is 2.